The summed E-state index contributed by atoms with van der Waals surface area (Å²) in [6.07, 6.45) is 0.716. The smallest absolute Gasteiger partial charge is 0.247 e. The molecule has 1 atom stereocenters. The van der Waals surface area contributed by atoms with Gasteiger partial charge in [0.2, 0.25) is 5.95 Å². The number of hydrogen-bond acceptors (Lipinski definition) is 6. The highest BCUT2D eigenvalue weighted by Gasteiger charge is 2.33. The lowest BCUT2D eigenvalue weighted by Crippen LogP contribution is -2.20. The predicted octanol–water partition coefficient (Wildman–Crippen LogP) is 7.07. The number of fused-ring (bicyclic) bond motifs is 1. The Labute approximate surface area is 205 Å². The predicted molar refractivity (Wildman–Crippen MR) is 139 cm³/mol. The third-order valence-corrected chi connectivity index (χ3v) is 7.09. The molecule has 3 heterocycles. The molecular weight excluding hydrogens is 464 g/mol. The summed E-state index contributed by atoms with van der Waals surface area (Å²) in [5.74, 6) is 0.777. The molecule has 0 amide bonds. The van der Waals surface area contributed by atoms with Crippen LogP contribution < -0.4 is 5.01 Å². The Morgan fingerprint density at radius 2 is 1.71 bits per heavy atom. The number of hydrazone groups is 1. The van der Waals surface area contributed by atoms with E-state index in [1.54, 1.807) is 23.5 Å². The molecule has 1 aliphatic rings. The van der Waals surface area contributed by atoms with Gasteiger partial charge >= 0.3 is 0 Å². The van der Waals surface area contributed by atoms with Gasteiger partial charge in [0.05, 0.1) is 23.0 Å². The molecule has 0 saturated heterocycles. The van der Waals surface area contributed by atoms with E-state index < -0.39 is 0 Å². The van der Waals surface area contributed by atoms with Crippen LogP contribution in [0.15, 0.2) is 95.4 Å². The number of anilines is 1. The molecule has 3 aromatic carbocycles. The third kappa shape index (κ3) is 3.81. The molecule has 0 fully saturated rings. The van der Waals surface area contributed by atoms with Crippen LogP contribution in [0.25, 0.3) is 22.2 Å². The molecule has 1 unspecified atom stereocenters. The lowest BCUT2D eigenvalue weighted by Gasteiger charge is -2.21. The highest BCUT2D eigenvalue weighted by Crippen LogP contribution is 2.39. The maximum atomic E-state index is 9.71. The Hall–Kier alpha value is -3.74. The first-order valence-electron chi connectivity index (χ1n) is 10.9. The van der Waals surface area contributed by atoms with Crippen LogP contribution in [-0.4, -0.2) is 20.8 Å². The Morgan fingerprint density at radius 1 is 0.882 bits per heavy atom. The highest BCUT2D eigenvalue weighted by atomic mass is 35.5. The molecule has 0 radical (unpaired) electrons. The van der Waals surface area contributed by atoms with Crippen LogP contribution in [-0.2, 0) is 0 Å². The van der Waals surface area contributed by atoms with Gasteiger partial charge in [-0.3, -0.25) is 0 Å². The summed E-state index contributed by atoms with van der Waals surface area (Å²) in [6.45, 7) is 0. The molecule has 7 heteroatoms. The summed E-state index contributed by atoms with van der Waals surface area (Å²) in [5.41, 5.74) is 4.53. The molecular formula is C27H19ClN4OS. The fourth-order valence-electron chi connectivity index (χ4n) is 4.23. The highest BCUT2D eigenvalue weighted by molar-refractivity contribution is 7.10. The van der Waals surface area contributed by atoms with Crippen LogP contribution >= 0.6 is 22.9 Å². The zero-order valence-corrected chi connectivity index (χ0v) is 19.5. The van der Waals surface area contributed by atoms with Crippen molar-refractivity contribution in [3.05, 3.63) is 106 Å². The minimum absolute atomic E-state index is 0.0165. The first-order valence-corrected chi connectivity index (χ1v) is 12.1. The monoisotopic (exact) mass is 482 g/mol. The quantitative estimate of drug-likeness (QED) is 0.297. The van der Waals surface area contributed by atoms with Crippen molar-refractivity contribution in [3.63, 3.8) is 0 Å². The summed E-state index contributed by atoms with van der Waals surface area (Å²) < 4.78 is 0. The summed E-state index contributed by atoms with van der Waals surface area (Å²) >= 11 is 8.03. The number of phenolic OH excluding ortho intramolecular Hbond substituents is 1. The Morgan fingerprint density at radius 3 is 2.47 bits per heavy atom. The van der Waals surface area contributed by atoms with Crippen molar-refractivity contribution in [2.24, 2.45) is 5.10 Å². The molecule has 6 rings (SSSR count). The molecule has 1 N–H and O–H groups in total. The van der Waals surface area contributed by atoms with E-state index in [9.17, 15) is 5.11 Å². The van der Waals surface area contributed by atoms with Crippen LogP contribution in [0.2, 0.25) is 5.02 Å². The standard InChI is InChI=1S/C27H19ClN4OS/c28-19-10-13-22-21(15-19)26(18-5-2-1-3-6-18)30-27(29-22)32-24(25-7-4-14-34-25)16-23(31-32)17-8-11-20(33)12-9-17/h1-15,24,33H,16H2. The molecule has 5 nitrogen and oxygen atoms in total. The van der Waals surface area contributed by atoms with E-state index in [2.05, 4.69) is 17.5 Å². The normalized spacial score (nSPS) is 15.6. The van der Waals surface area contributed by atoms with Crippen molar-refractivity contribution >= 4 is 45.5 Å². The number of phenols is 1. The third-order valence-electron chi connectivity index (χ3n) is 5.88. The van der Waals surface area contributed by atoms with Gasteiger partial charge in [0.25, 0.3) is 0 Å². The van der Waals surface area contributed by atoms with Crippen LogP contribution in [0.5, 0.6) is 5.75 Å². The molecule has 166 valence electrons. The summed E-state index contributed by atoms with van der Waals surface area (Å²) in [7, 11) is 0. The summed E-state index contributed by atoms with van der Waals surface area (Å²) in [6, 6.07) is 27.1. The van der Waals surface area contributed by atoms with E-state index >= 15 is 0 Å². The van der Waals surface area contributed by atoms with Gasteiger partial charge in [-0.25, -0.2) is 15.0 Å². The number of halogens is 1. The van der Waals surface area contributed by atoms with Crippen LogP contribution in [0, 0.1) is 0 Å². The van der Waals surface area contributed by atoms with E-state index in [4.69, 9.17) is 26.7 Å². The molecule has 34 heavy (non-hydrogen) atoms. The maximum Gasteiger partial charge on any atom is 0.247 e. The second kappa shape index (κ2) is 8.56. The average molecular weight is 483 g/mol. The van der Waals surface area contributed by atoms with Gasteiger partial charge in [0, 0.05) is 27.3 Å². The summed E-state index contributed by atoms with van der Waals surface area (Å²) in [4.78, 5) is 11.1. The molecule has 5 aromatic rings. The zero-order valence-electron chi connectivity index (χ0n) is 18.0. The van der Waals surface area contributed by atoms with Crippen LogP contribution in [0.1, 0.15) is 22.9 Å². The Kier molecular flexibility index (Phi) is 5.24. The fraction of sp³-hybridized carbons (Fsp3) is 0.0741. The number of aromatic nitrogens is 2. The number of aromatic hydroxyl groups is 1. The van der Waals surface area contributed by atoms with Crippen molar-refractivity contribution in [1.82, 2.24) is 9.97 Å². The first-order chi connectivity index (χ1) is 16.7. The van der Waals surface area contributed by atoms with Gasteiger partial charge in [-0.05, 0) is 59.5 Å². The number of benzene rings is 3. The lowest BCUT2D eigenvalue weighted by molar-refractivity contribution is 0.475. The topological polar surface area (TPSA) is 61.6 Å². The number of hydrogen-bond donors (Lipinski definition) is 1. The molecule has 0 spiro atoms. The van der Waals surface area contributed by atoms with Gasteiger partial charge in [0.1, 0.15) is 5.75 Å². The van der Waals surface area contributed by atoms with Gasteiger partial charge in [0.15, 0.2) is 0 Å². The van der Waals surface area contributed by atoms with Gasteiger partial charge in [-0.1, -0.05) is 48.0 Å². The first kappa shape index (κ1) is 20.8. The largest absolute Gasteiger partial charge is 0.508 e. The minimum Gasteiger partial charge on any atom is -0.508 e. The van der Waals surface area contributed by atoms with Gasteiger partial charge < -0.3 is 5.11 Å². The van der Waals surface area contributed by atoms with Crippen molar-refractivity contribution < 1.29 is 5.11 Å². The zero-order chi connectivity index (χ0) is 23.1. The number of rotatable bonds is 4. The minimum atomic E-state index is -0.0165. The molecule has 1 aliphatic heterocycles. The SMILES string of the molecule is Oc1ccc(C2=NN(c3nc(-c4ccccc4)c4cc(Cl)ccc4n3)C(c3cccs3)C2)cc1. The van der Waals surface area contributed by atoms with Crippen molar-refractivity contribution in [2.75, 3.05) is 5.01 Å². The van der Waals surface area contributed by atoms with E-state index in [0.29, 0.717) is 17.4 Å². The second-order valence-corrected chi connectivity index (χ2v) is 9.49. The van der Waals surface area contributed by atoms with E-state index in [1.165, 1.54) is 4.88 Å². The van der Waals surface area contributed by atoms with Gasteiger partial charge in [-0.2, -0.15) is 5.10 Å². The van der Waals surface area contributed by atoms with E-state index in [1.807, 2.05) is 65.7 Å². The Bertz CT molecular complexity index is 1500. The van der Waals surface area contributed by atoms with Gasteiger partial charge in [-0.15, -0.1) is 11.3 Å². The molecule has 2 aromatic heterocycles. The fourth-order valence-corrected chi connectivity index (χ4v) is 5.22. The van der Waals surface area contributed by atoms with E-state index in [-0.39, 0.29) is 11.8 Å². The molecule has 0 saturated carbocycles. The average Bonchev–Trinajstić information content (AvgIpc) is 3.55. The molecule has 0 aliphatic carbocycles. The number of thiophene rings is 1. The summed E-state index contributed by atoms with van der Waals surface area (Å²) in [5, 5.41) is 20.2. The number of nitrogens with zero attached hydrogens (tertiary/aromatic N) is 4. The molecule has 0 bridgehead atoms. The maximum absolute atomic E-state index is 9.71. The van der Waals surface area contributed by atoms with Crippen molar-refractivity contribution in [2.45, 2.75) is 12.5 Å². The lowest BCUT2D eigenvalue weighted by atomic mass is 10.0. The Balaban J connectivity index is 1.53. The van der Waals surface area contributed by atoms with Crippen LogP contribution in [0.3, 0.4) is 0 Å². The van der Waals surface area contributed by atoms with E-state index in [0.717, 1.165) is 33.4 Å². The van der Waals surface area contributed by atoms with Crippen LogP contribution in [0.4, 0.5) is 5.95 Å². The van der Waals surface area contributed by atoms with Crippen molar-refractivity contribution in [1.29, 1.82) is 0 Å². The van der Waals surface area contributed by atoms with Crippen molar-refractivity contribution in [3.8, 4) is 17.0 Å². The second-order valence-electron chi connectivity index (χ2n) is 8.07.